The lowest BCUT2D eigenvalue weighted by Gasteiger charge is -2.49. The summed E-state index contributed by atoms with van der Waals surface area (Å²) in [5, 5.41) is 19.4. The summed E-state index contributed by atoms with van der Waals surface area (Å²) in [6, 6.07) is 1.03. The molecule has 23 heavy (non-hydrogen) atoms. The third-order valence-electron chi connectivity index (χ3n) is 3.46. The minimum absolute atomic E-state index is 0.0761. The first-order valence-corrected chi connectivity index (χ1v) is 8.91. The summed E-state index contributed by atoms with van der Waals surface area (Å²) in [6.07, 6.45) is 1.63. The van der Waals surface area contributed by atoms with Gasteiger partial charge in [0.25, 0.3) is 5.91 Å². The second kappa shape index (κ2) is 7.25. The average molecular weight is 357 g/mol. The number of thioether (sulfide) groups is 2. The molecule has 124 valence electrons. The Labute approximate surface area is 141 Å². The Hall–Kier alpha value is -1.70. The van der Waals surface area contributed by atoms with Crippen molar-refractivity contribution in [2.75, 3.05) is 25.7 Å². The third-order valence-corrected chi connectivity index (χ3v) is 5.59. The van der Waals surface area contributed by atoms with Crippen molar-refractivity contribution in [1.82, 2.24) is 10.2 Å². The van der Waals surface area contributed by atoms with Gasteiger partial charge >= 0.3 is 5.97 Å². The average Bonchev–Trinajstić information content (AvgIpc) is 2.53. The molecule has 1 fully saturated rings. The van der Waals surface area contributed by atoms with Crippen LogP contribution in [0.1, 0.15) is 0 Å². The van der Waals surface area contributed by atoms with Gasteiger partial charge in [0.1, 0.15) is 17.1 Å². The van der Waals surface area contributed by atoms with E-state index in [0.717, 1.165) is 11.8 Å². The molecule has 0 aromatic carbocycles. The molecule has 2 heterocycles. The first kappa shape index (κ1) is 17.7. The minimum Gasteiger partial charge on any atom is -0.477 e. The highest BCUT2D eigenvalue weighted by atomic mass is 32.2. The van der Waals surface area contributed by atoms with Crippen LogP contribution in [0.3, 0.4) is 0 Å². The van der Waals surface area contributed by atoms with Gasteiger partial charge in [-0.3, -0.25) is 14.5 Å². The summed E-state index contributed by atoms with van der Waals surface area (Å²) in [7, 11) is 1.45. The summed E-state index contributed by atoms with van der Waals surface area (Å²) in [5.41, 5.74) is 0.450. The molecule has 0 aromatic heterocycles. The monoisotopic (exact) mass is 357 g/mol. The fourth-order valence-corrected chi connectivity index (χ4v) is 4.13. The van der Waals surface area contributed by atoms with E-state index in [2.05, 4.69) is 5.32 Å². The van der Waals surface area contributed by atoms with Crippen molar-refractivity contribution in [2.45, 2.75) is 16.7 Å². The zero-order valence-electron chi connectivity index (χ0n) is 12.4. The number of carboxylic acid groups (broad SMARTS) is 1. The summed E-state index contributed by atoms with van der Waals surface area (Å²) in [6.45, 7) is 0.130. The van der Waals surface area contributed by atoms with Crippen LogP contribution in [0.2, 0.25) is 0 Å². The van der Waals surface area contributed by atoms with E-state index in [4.69, 9.17) is 10.00 Å². The number of hydrogen-bond acceptors (Lipinski definition) is 7. The first-order chi connectivity index (χ1) is 11.0. The molecule has 0 spiro atoms. The van der Waals surface area contributed by atoms with Crippen LogP contribution in [0, 0.1) is 11.3 Å². The van der Waals surface area contributed by atoms with Gasteiger partial charge in [-0.25, -0.2) is 4.79 Å². The van der Waals surface area contributed by atoms with E-state index < -0.39 is 34.4 Å². The molecule has 2 aliphatic heterocycles. The topological polar surface area (TPSA) is 120 Å². The number of hydrogen-bond donors (Lipinski definition) is 2. The third kappa shape index (κ3) is 3.17. The van der Waals surface area contributed by atoms with Crippen LogP contribution < -0.4 is 5.32 Å². The van der Waals surface area contributed by atoms with Gasteiger partial charge in [0.15, 0.2) is 5.25 Å². The maximum absolute atomic E-state index is 12.3. The largest absolute Gasteiger partial charge is 0.477 e. The summed E-state index contributed by atoms with van der Waals surface area (Å²) >= 11 is 2.44. The van der Waals surface area contributed by atoms with E-state index in [1.54, 1.807) is 6.26 Å². The van der Waals surface area contributed by atoms with E-state index >= 15 is 0 Å². The standard InChI is InChI=1S/C13H15N3O5S2/c1-21-4-6-5-23-12-8(15-10(17)7(3-14)22-2)11(18)16(12)9(6)13(19)20/h7-8,12H,4-5H2,1-2H3,(H,15,17)(H,19,20)/t7?,8?,12-/m0/s1. The molecule has 2 N–H and O–H groups in total. The fourth-order valence-electron chi connectivity index (χ4n) is 2.42. The van der Waals surface area contributed by atoms with Gasteiger partial charge in [-0.1, -0.05) is 0 Å². The molecule has 0 aromatic rings. The number of nitriles is 1. The Morgan fingerprint density at radius 3 is 2.87 bits per heavy atom. The first-order valence-electron chi connectivity index (χ1n) is 6.58. The highest BCUT2D eigenvalue weighted by molar-refractivity contribution is 8.00. The quantitative estimate of drug-likeness (QED) is 0.618. The summed E-state index contributed by atoms with van der Waals surface area (Å²) in [4.78, 5) is 36.8. The predicted octanol–water partition coefficient (Wildman–Crippen LogP) is -0.373. The number of nitrogens with one attached hydrogen (secondary N) is 1. The smallest absolute Gasteiger partial charge is 0.352 e. The van der Waals surface area contributed by atoms with E-state index in [1.165, 1.54) is 23.8 Å². The summed E-state index contributed by atoms with van der Waals surface area (Å²) < 4.78 is 4.98. The van der Waals surface area contributed by atoms with Gasteiger partial charge < -0.3 is 15.2 Å². The maximum atomic E-state index is 12.3. The number of carboxylic acids is 1. The number of rotatable bonds is 6. The molecule has 2 rings (SSSR count). The predicted molar refractivity (Wildman–Crippen MR) is 84.5 cm³/mol. The number of ether oxygens (including phenoxy) is 1. The number of carbonyl (C=O) groups excluding carboxylic acids is 2. The molecule has 8 nitrogen and oxygen atoms in total. The van der Waals surface area contributed by atoms with Crippen LogP contribution >= 0.6 is 23.5 Å². The number of β-lactam (4-membered cyclic amide) rings is 1. The van der Waals surface area contributed by atoms with Gasteiger partial charge in [0.2, 0.25) is 5.91 Å². The van der Waals surface area contributed by atoms with Crippen LogP contribution in [0.5, 0.6) is 0 Å². The molecule has 2 amide bonds. The second-order valence-corrected chi connectivity index (χ2v) is 6.88. The van der Waals surface area contributed by atoms with Crippen molar-refractivity contribution in [3.63, 3.8) is 0 Å². The molecule has 0 bridgehead atoms. The van der Waals surface area contributed by atoms with Crippen LogP contribution in [0.15, 0.2) is 11.3 Å². The van der Waals surface area contributed by atoms with Gasteiger partial charge in [0, 0.05) is 12.9 Å². The molecule has 10 heteroatoms. The van der Waals surface area contributed by atoms with Crippen LogP contribution in [0.4, 0.5) is 0 Å². The van der Waals surface area contributed by atoms with Crippen molar-refractivity contribution in [3.8, 4) is 6.07 Å². The van der Waals surface area contributed by atoms with Gasteiger partial charge in [-0.2, -0.15) is 5.26 Å². The van der Waals surface area contributed by atoms with Crippen molar-refractivity contribution >= 4 is 41.3 Å². The normalized spacial score (nSPS) is 24.4. The fraction of sp³-hybridized carbons (Fsp3) is 0.538. The molecule has 2 aliphatic rings. The minimum atomic E-state index is -1.19. The molecule has 3 atom stereocenters. The Kier molecular flexibility index (Phi) is 5.56. The van der Waals surface area contributed by atoms with Gasteiger partial charge in [-0.15, -0.1) is 23.5 Å². The van der Waals surface area contributed by atoms with E-state index in [9.17, 15) is 19.5 Å². The Morgan fingerprint density at radius 2 is 2.35 bits per heavy atom. The highest BCUT2D eigenvalue weighted by Crippen LogP contribution is 2.40. The Morgan fingerprint density at radius 1 is 1.65 bits per heavy atom. The van der Waals surface area contributed by atoms with Crippen LogP contribution in [0.25, 0.3) is 0 Å². The number of nitrogens with zero attached hydrogens (tertiary/aromatic N) is 2. The van der Waals surface area contributed by atoms with E-state index in [0.29, 0.717) is 11.3 Å². The maximum Gasteiger partial charge on any atom is 0.352 e. The number of carbonyl (C=O) groups is 3. The lowest BCUT2D eigenvalue weighted by molar-refractivity contribution is -0.150. The van der Waals surface area contributed by atoms with Gasteiger partial charge in [0.05, 0.1) is 12.7 Å². The lowest BCUT2D eigenvalue weighted by atomic mass is 10.0. The molecular weight excluding hydrogens is 342 g/mol. The van der Waals surface area contributed by atoms with E-state index in [1.807, 2.05) is 6.07 Å². The lowest BCUT2D eigenvalue weighted by Crippen LogP contribution is -2.71. The molecular formula is C13H15N3O5S2. The zero-order chi connectivity index (χ0) is 17.1. The Bertz CT molecular complexity index is 615. The molecule has 1 saturated heterocycles. The molecule has 0 radical (unpaired) electrons. The zero-order valence-corrected chi connectivity index (χ0v) is 14.1. The number of methoxy groups -OCH3 is 1. The van der Waals surface area contributed by atoms with Gasteiger partial charge in [-0.05, 0) is 11.8 Å². The van der Waals surface area contributed by atoms with Crippen LogP contribution in [-0.2, 0) is 19.1 Å². The van der Waals surface area contributed by atoms with Crippen molar-refractivity contribution in [1.29, 1.82) is 5.26 Å². The number of amides is 2. The van der Waals surface area contributed by atoms with Crippen molar-refractivity contribution in [2.24, 2.45) is 0 Å². The Balaban J connectivity index is 2.16. The molecule has 0 aliphatic carbocycles. The van der Waals surface area contributed by atoms with E-state index in [-0.39, 0.29) is 12.3 Å². The molecule has 2 unspecified atom stereocenters. The molecule has 0 saturated carbocycles. The van der Waals surface area contributed by atoms with Crippen molar-refractivity contribution in [3.05, 3.63) is 11.3 Å². The SMILES string of the molecule is COCC1=C(C(=O)O)N2C(=O)C(NC(=O)C(C#N)SC)[C@@H]2SC1. The van der Waals surface area contributed by atoms with Crippen molar-refractivity contribution < 1.29 is 24.2 Å². The second-order valence-electron chi connectivity index (χ2n) is 4.83. The number of fused-ring (bicyclic) bond motifs is 1. The summed E-state index contributed by atoms with van der Waals surface area (Å²) in [5.74, 6) is -1.82. The highest BCUT2D eigenvalue weighted by Gasteiger charge is 2.54. The van der Waals surface area contributed by atoms with Crippen LogP contribution in [-0.4, -0.2) is 70.2 Å². The number of aliphatic carboxylic acids is 1.